The Hall–Kier alpha value is -2.90. The molecule has 1 saturated carbocycles. The molecular weight excluding hydrogens is 348 g/mol. The molecule has 1 heterocycles. The van der Waals surface area contributed by atoms with Gasteiger partial charge >= 0.3 is 6.03 Å². The van der Waals surface area contributed by atoms with E-state index in [1.807, 2.05) is 0 Å². The standard InChI is InChI=1S/C19H24N4O4/c1-11-6-8-19(9-7-11)17(26)23(18(27)22-19)10-15(24)21-14-5-3-4-13(12(14)2)16(20)25/h3-5,11H,6-10H2,1-2H3,(H2,20,25)(H,21,24)(H,22,27). The van der Waals surface area contributed by atoms with Crippen molar-refractivity contribution in [1.29, 1.82) is 0 Å². The minimum atomic E-state index is -0.869. The smallest absolute Gasteiger partial charge is 0.325 e. The molecule has 2 fully saturated rings. The Morgan fingerprint density at radius 1 is 1.30 bits per heavy atom. The predicted molar refractivity (Wildman–Crippen MR) is 98.9 cm³/mol. The van der Waals surface area contributed by atoms with E-state index in [1.54, 1.807) is 25.1 Å². The van der Waals surface area contributed by atoms with E-state index >= 15 is 0 Å². The highest BCUT2D eigenvalue weighted by molar-refractivity contribution is 6.10. The lowest BCUT2D eigenvalue weighted by atomic mass is 9.77. The van der Waals surface area contributed by atoms with Crippen LogP contribution in [0.4, 0.5) is 10.5 Å². The first-order chi connectivity index (χ1) is 12.7. The normalized spacial score (nSPS) is 24.8. The van der Waals surface area contributed by atoms with Crippen molar-refractivity contribution in [3.05, 3.63) is 29.3 Å². The highest BCUT2D eigenvalue weighted by atomic mass is 16.2. The molecular formula is C19H24N4O4. The van der Waals surface area contributed by atoms with Gasteiger partial charge in [-0.05, 0) is 56.2 Å². The number of benzene rings is 1. The van der Waals surface area contributed by atoms with E-state index in [0.717, 1.165) is 17.7 Å². The molecule has 4 N–H and O–H groups in total. The predicted octanol–water partition coefficient (Wildman–Crippen LogP) is 1.53. The summed E-state index contributed by atoms with van der Waals surface area (Å²) in [6.45, 7) is 3.42. The van der Waals surface area contributed by atoms with E-state index in [4.69, 9.17) is 5.73 Å². The molecule has 1 aromatic rings. The van der Waals surface area contributed by atoms with Gasteiger partial charge in [0.25, 0.3) is 5.91 Å². The van der Waals surface area contributed by atoms with Gasteiger partial charge in [0.1, 0.15) is 12.1 Å². The summed E-state index contributed by atoms with van der Waals surface area (Å²) in [6.07, 6.45) is 2.92. The third-order valence-corrected chi connectivity index (χ3v) is 5.55. The number of rotatable bonds is 4. The van der Waals surface area contributed by atoms with Crippen LogP contribution in [-0.4, -0.2) is 40.7 Å². The number of hydrogen-bond acceptors (Lipinski definition) is 4. The zero-order valence-electron chi connectivity index (χ0n) is 15.5. The summed E-state index contributed by atoms with van der Waals surface area (Å²) < 4.78 is 0. The van der Waals surface area contributed by atoms with Crippen LogP contribution in [0.3, 0.4) is 0 Å². The summed E-state index contributed by atoms with van der Waals surface area (Å²) in [5, 5.41) is 5.44. The number of primary amides is 1. The number of urea groups is 1. The summed E-state index contributed by atoms with van der Waals surface area (Å²) in [4.78, 5) is 49.9. The van der Waals surface area contributed by atoms with E-state index in [2.05, 4.69) is 17.6 Å². The average molecular weight is 372 g/mol. The molecule has 1 saturated heterocycles. The van der Waals surface area contributed by atoms with Crippen LogP contribution in [0.1, 0.15) is 48.5 Å². The Morgan fingerprint density at radius 2 is 1.96 bits per heavy atom. The molecule has 0 aromatic heterocycles. The van der Waals surface area contributed by atoms with Crippen LogP contribution in [0, 0.1) is 12.8 Å². The Balaban J connectivity index is 1.70. The third kappa shape index (κ3) is 3.51. The first-order valence-corrected chi connectivity index (χ1v) is 9.07. The van der Waals surface area contributed by atoms with Crippen molar-refractivity contribution in [3.63, 3.8) is 0 Å². The lowest BCUT2D eigenvalue weighted by Gasteiger charge is -2.33. The van der Waals surface area contributed by atoms with E-state index in [0.29, 0.717) is 35.6 Å². The van der Waals surface area contributed by atoms with Crippen molar-refractivity contribution in [2.45, 2.75) is 45.1 Å². The summed E-state index contributed by atoms with van der Waals surface area (Å²) >= 11 is 0. The second kappa shape index (κ2) is 7.02. The number of nitrogens with one attached hydrogen (secondary N) is 2. The van der Waals surface area contributed by atoms with Crippen LogP contribution in [0.5, 0.6) is 0 Å². The van der Waals surface area contributed by atoms with Gasteiger partial charge in [-0.15, -0.1) is 0 Å². The van der Waals surface area contributed by atoms with Gasteiger partial charge in [0.05, 0.1) is 0 Å². The van der Waals surface area contributed by atoms with Gasteiger partial charge in [-0.25, -0.2) is 4.79 Å². The molecule has 2 aliphatic rings. The fourth-order valence-corrected chi connectivity index (χ4v) is 3.78. The molecule has 1 aliphatic carbocycles. The molecule has 27 heavy (non-hydrogen) atoms. The third-order valence-electron chi connectivity index (χ3n) is 5.55. The van der Waals surface area contributed by atoms with Gasteiger partial charge in [0, 0.05) is 11.3 Å². The molecule has 1 aliphatic heterocycles. The van der Waals surface area contributed by atoms with Gasteiger partial charge in [-0.1, -0.05) is 13.0 Å². The summed E-state index contributed by atoms with van der Waals surface area (Å²) in [7, 11) is 0. The molecule has 0 bridgehead atoms. The summed E-state index contributed by atoms with van der Waals surface area (Å²) in [5.74, 6) is -0.911. The van der Waals surface area contributed by atoms with Crippen molar-refractivity contribution in [3.8, 4) is 0 Å². The summed E-state index contributed by atoms with van der Waals surface area (Å²) in [6, 6.07) is 4.27. The van der Waals surface area contributed by atoms with Crippen LogP contribution >= 0.6 is 0 Å². The summed E-state index contributed by atoms with van der Waals surface area (Å²) in [5.41, 5.74) is 5.70. The SMILES string of the molecule is Cc1c(NC(=O)CN2C(=O)NC3(CCC(C)CC3)C2=O)cccc1C(N)=O. The maximum Gasteiger partial charge on any atom is 0.325 e. The monoisotopic (exact) mass is 372 g/mol. The lowest BCUT2D eigenvalue weighted by molar-refractivity contribution is -0.135. The highest BCUT2D eigenvalue weighted by Gasteiger charge is 2.52. The topological polar surface area (TPSA) is 122 Å². The van der Waals surface area contributed by atoms with E-state index in [1.165, 1.54) is 0 Å². The van der Waals surface area contributed by atoms with E-state index < -0.39 is 23.4 Å². The van der Waals surface area contributed by atoms with Crippen molar-refractivity contribution >= 4 is 29.4 Å². The molecule has 1 spiro atoms. The largest absolute Gasteiger partial charge is 0.366 e. The fourth-order valence-electron chi connectivity index (χ4n) is 3.78. The number of nitrogens with two attached hydrogens (primary N) is 1. The average Bonchev–Trinajstić information content (AvgIpc) is 2.83. The van der Waals surface area contributed by atoms with E-state index in [-0.39, 0.29) is 12.5 Å². The molecule has 0 radical (unpaired) electrons. The zero-order valence-corrected chi connectivity index (χ0v) is 15.5. The van der Waals surface area contributed by atoms with E-state index in [9.17, 15) is 19.2 Å². The van der Waals surface area contributed by atoms with Gasteiger partial charge in [-0.3, -0.25) is 19.3 Å². The van der Waals surface area contributed by atoms with Crippen molar-refractivity contribution in [1.82, 2.24) is 10.2 Å². The molecule has 5 amide bonds. The second-order valence-corrected chi connectivity index (χ2v) is 7.48. The maximum absolute atomic E-state index is 12.8. The minimum absolute atomic E-state index is 0.304. The number of nitrogens with zero attached hydrogens (tertiary/aromatic N) is 1. The van der Waals surface area contributed by atoms with Crippen molar-refractivity contribution in [2.75, 3.05) is 11.9 Å². The quantitative estimate of drug-likeness (QED) is 0.694. The van der Waals surface area contributed by atoms with Crippen LogP contribution in [0.25, 0.3) is 0 Å². The number of anilines is 1. The fraction of sp³-hybridized carbons (Fsp3) is 0.474. The second-order valence-electron chi connectivity index (χ2n) is 7.48. The molecule has 0 atom stereocenters. The maximum atomic E-state index is 12.8. The van der Waals surface area contributed by atoms with Crippen LogP contribution in [-0.2, 0) is 9.59 Å². The molecule has 144 valence electrons. The van der Waals surface area contributed by atoms with Crippen LogP contribution in [0.2, 0.25) is 0 Å². The first-order valence-electron chi connectivity index (χ1n) is 9.07. The van der Waals surface area contributed by atoms with Crippen molar-refractivity contribution in [2.24, 2.45) is 11.7 Å². The molecule has 0 unspecified atom stereocenters. The van der Waals surface area contributed by atoms with Crippen LogP contribution < -0.4 is 16.4 Å². The number of imide groups is 1. The Bertz CT molecular complexity index is 812. The van der Waals surface area contributed by atoms with Crippen molar-refractivity contribution < 1.29 is 19.2 Å². The van der Waals surface area contributed by atoms with Gasteiger partial charge < -0.3 is 16.4 Å². The van der Waals surface area contributed by atoms with Gasteiger partial charge in [0.15, 0.2) is 0 Å². The lowest BCUT2D eigenvalue weighted by Crippen LogP contribution is -2.49. The zero-order chi connectivity index (χ0) is 19.8. The molecule has 3 rings (SSSR count). The Labute approximate surface area is 157 Å². The van der Waals surface area contributed by atoms with Gasteiger partial charge in [0.2, 0.25) is 11.8 Å². The number of carbonyl (C=O) groups excluding carboxylic acids is 4. The first kappa shape index (κ1) is 18.9. The number of amides is 5. The highest BCUT2D eigenvalue weighted by Crippen LogP contribution is 2.36. The Morgan fingerprint density at radius 3 is 2.59 bits per heavy atom. The molecule has 1 aromatic carbocycles. The number of hydrogen-bond donors (Lipinski definition) is 3. The minimum Gasteiger partial charge on any atom is -0.366 e. The van der Waals surface area contributed by atoms with Crippen LogP contribution in [0.15, 0.2) is 18.2 Å². The number of carbonyl (C=O) groups is 4. The molecule has 8 heteroatoms. The van der Waals surface area contributed by atoms with Gasteiger partial charge in [-0.2, -0.15) is 0 Å². The Kier molecular flexibility index (Phi) is 4.91. The molecule has 8 nitrogen and oxygen atoms in total.